The highest BCUT2D eigenvalue weighted by Gasteiger charge is 2.41. The Balaban J connectivity index is 1.69. The van der Waals surface area contributed by atoms with Crippen LogP contribution in [0.2, 0.25) is 0 Å². The van der Waals surface area contributed by atoms with Crippen LogP contribution in [0.5, 0.6) is 0 Å². The first-order valence-corrected chi connectivity index (χ1v) is 12.4. The quantitative estimate of drug-likeness (QED) is 0.266. The number of hydrogen-bond donors (Lipinski definition) is 0. The second kappa shape index (κ2) is 9.27. The Bertz CT molecular complexity index is 1100. The van der Waals surface area contributed by atoms with Crippen molar-refractivity contribution in [2.75, 3.05) is 11.4 Å². The van der Waals surface area contributed by atoms with E-state index >= 15 is 0 Å². The molecule has 0 aliphatic carbocycles. The van der Waals surface area contributed by atoms with Gasteiger partial charge in [-0.3, -0.25) is 14.5 Å². The van der Waals surface area contributed by atoms with E-state index in [9.17, 15) is 9.59 Å². The molecule has 2 aromatic rings. The summed E-state index contributed by atoms with van der Waals surface area (Å²) in [4.78, 5) is 30.6. The number of hydrogen-bond acceptors (Lipinski definition) is 4. The van der Waals surface area contributed by atoms with Crippen LogP contribution in [0.25, 0.3) is 5.57 Å². The first-order chi connectivity index (χ1) is 14.9. The van der Waals surface area contributed by atoms with Crippen molar-refractivity contribution in [1.82, 2.24) is 4.90 Å². The molecule has 1 saturated heterocycles. The SMILES string of the molecule is CCCCCN1C(=O)/C(=C2\SC(=S)N(Cc3ccc(C)cc3)C2=O)c2cc(Br)ccc21. The molecule has 2 aromatic carbocycles. The van der Waals surface area contributed by atoms with Gasteiger partial charge in [0.2, 0.25) is 0 Å². The maximum Gasteiger partial charge on any atom is 0.267 e. The van der Waals surface area contributed by atoms with Crippen molar-refractivity contribution in [3.8, 4) is 0 Å². The van der Waals surface area contributed by atoms with Gasteiger partial charge >= 0.3 is 0 Å². The first kappa shape index (κ1) is 22.2. The van der Waals surface area contributed by atoms with Gasteiger partial charge in [-0.05, 0) is 37.1 Å². The lowest BCUT2D eigenvalue weighted by Crippen LogP contribution is -2.29. The molecule has 0 N–H and O–H groups in total. The van der Waals surface area contributed by atoms with Gasteiger partial charge in [0.15, 0.2) is 0 Å². The number of unbranched alkanes of at least 4 members (excludes halogenated alkanes) is 2. The highest BCUT2D eigenvalue weighted by molar-refractivity contribution is 9.10. The third kappa shape index (κ3) is 4.36. The van der Waals surface area contributed by atoms with Crippen molar-refractivity contribution in [2.45, 2.75) is 39.7 Å². The smallest absolute Gasteiger partial charge is 0.267 e. The summed E-state index contributed by atoms with van der Waals surface area (Å²) in [5, 5.41) is 0. The van der Waals surface area contributed by atoms with Crippen LogP contribution in [0.3, 0.4) is 0 Å². The lowest BCUT2D eigenvalue weighted by atomic mass is 10.1. The van der Waals surface area contributed by atoms with Crippen LogP contribution in [-0.4, -0.2) is 27.6 Å². The Labute approximate surface area is 200 Å². The summed E-state index contributed by atoms with van der Waals surface area (Å²) in [6.07, 6.45) is 3.07. The van der Waals surface area contributed by atoms with E-state index < -0.39 is 0 Å². The summed E-state index contributed by atoms with van der Waals surface area (Å²) >= 11 is 10.3. The van der Waals surface area contributed by atoms with E-state index in [-0.39, 0.29) is 11.8 Å². The Morgan fingerprint density at radius 2 is 1.74 bits per heavy atom. The molecule has 0 radical (unpaired) electrons. The molecular weight excluding hydrogens is 492 g/mol. The Morgan fingerprint density at radius 1 is 1.00 bits per heavy atom. The molecule has 2 heterocycles. The highest BCUT2D eigenvalue weighted by Crippen LogP contribution is 2.45. The zero-order valence-corrected chi connectivity index (χ0v) is 20.7. The molecule has 2 amide bonds. The van der Waals surface area contributed by atoms with E-state index in [2.05, 4.69) is 22.9 Å². The number of thioether (sulfide) groups is 1. The monoisotopic (exact) mass is 514 g/mol. The van der Waals surface area contributed by atoms with Gasteiger partial charge in [-0.2, -0.15) is 0 Å². The molecule has 0 spiro atoms. The Kier molecular flexibility index (Phi) is 6.65. The van der Waals surface area contributed by atoms with Crippen LogP contribution in [0.15, 0.2) is 51.8 Å². The van der Waals surface area contributed by atoms with E-state index in [0.29, 0.717) is 27.9 Å². The van der Waals surface area contributed by atoms with Crippen molar-refractivity contribution in [1.29, 1.82) is 0 Å². The van der Waals surface area contributed by atoms with Gasteiger partial charge in [-0.15, -0.1) is 0 Å². The van der Waals surface area contributed by atoms with E-state index in [0.717, 1.165) is 46.1 Å². The summed E-state index contributed by atoms with van der Waals surface area (Å²) < 4.78 is 1.36. The molecular formula is C24H23BrN2O2S2. The number of carbonyl (C=O) groups is 2. The molecule has 1 fully saturated rings. The fourth-order valence-corrected chi connectivity index (χ4v) is 5.51. The molecule has 2 aliphatic rings. The average molecular weight is 515 g/mol. The largest absolute Gasteiger partial charge is 0.308 e. The second-order valence-corrected chi connectivity index (χ2v) is 10.3. The molecule has 0 bridgehead atoms. The number of nitrogens with zero attached hydrogens (tertiary/aromatic N) is 2. The molecule has 0 atom stereocenters. The summed E-state index contributed by atoms with van der Waals surface area (Å²) in [5.41, 5.74) is 4.31. The number of aryl methyl sites for hydroxylation is 1. The van der Waals surface area contributed by atoms with E-state index in [4.69, 9.17) is 12.2 Å². The van der Waals surface area contributed by atoms with Crippen molar-refractivity contribution in [2.24, 2.45) is 0 Å². The number of carbonyl (C=O) groups excluding carboxylic acids is 2. The van der Waals surface area contributed by atoms with Gasteiger partial charge in [0.05, 0.1) is 22.7 Å². The van der Waals surface area contributed by atoms with Crippen LogP contribution < -0.4 is 4.90 Å². The van der Waals surface area contributed by atoms with Crippen LogP contribution in [0, 0.1) is 6.92 Å². The third-order valence-electron chi connectivity index (χ3n) is 5.50. The standard InChI is InChI=1S/C24H23BrN2O2S2/c1-3-4-5-12-26-19-11-10-17(25)13-18(19)20(22(26)28)21-23(29)27(24(30)31-21)14-16-8-6-15(2)7-9-16/h6-11,13H,3-5,12,14H2,1-2H3/b21-20-. The second-order valence-electron chi connectivity index (χ2n) is 7.77. The zero-order valence-electron chi connectivity index (χ0n) is 17.5. The molecule has 7 heteroatoms. The summed E-state index contributed by atoms with van der Waals surface area (Å²) in [5.74, 6) is -0.305. The van der Waals surface area contributed by atoms with Crippen molar-refractivity contribution >= 4 is 67.3 Å². The fraction of sp³-hybridized carbons (Fsp3) is 0.292. The molecule has 0 unspecified atom stereocenters. The molecule has 4 nitrogen and oxygen atoms in total. The summed E-state index contributed by atoms with van der Waals surface area (Å²) in [6, 6.07) is 13.9. The maximum atomic E-state index is 13.4. The van der Waals surface area contributed by atoms with Crippen LogP contribution >= 0.6 is 39.9 Å². The number of thiocarbonyl (C=S) groups is 1. The van der Waals surface area contributed by atoms with E-state index in [1.54, 1.807) is 9.80 Å². The highest BCUT2D eigenvalue weighted by atomic mass is 79.9. The Morgan fingerprint density at radius 3 is 2.45 bits per heavy atom. The maximum absolute atomic E-state index is 13.4. The number of fused-ring (bicyclic) bond motifs is 1. The molecule has 31 heavy (non-hydrogen) atoms. The lowest BCUT2D eigenvalue weighted by Gasteiger charge is -2.17. The van der Waals surface area contributed by atoms with Gasteiger partial charge in [0.25, 0.3) is 11.8 Å². The first-order valence-electron chi connectivity index (χ1n) is 10.4. The van der Waals surface area contributed by atoms with Gasteiger partial charge in [0, 0.05) is 16.6 Å². The molecule has 2 aliphatic heterocycles. The van der Waals surface area contributed by atoms with Crippen LogP contribution in [0.4, 0.5) is 5.69 Å². The van der Waals surface area contributed by atoms with Gasteiger partial charge in [-0.1, -0.05) is 89.5 Å². The van der Waals surface area contributed by atoms with Gasteiger partial charge in [0.1, 0.15) is 4.32 Å². The van der Waals surface area contributed by atoms with Gasteiger partial charge < -0.3 is 4.90 Å². The average Bonchev–Trinajstić information content (AvgIpc) is 3.17. The number of amides is 2. The van der Waals surface area contributed by atoms with Crippen molar-refractivity contribution in [3.63, 3.8) is 0 Å². The molecule has 0 aromatic heterocycles. The van der Waals surface area contributed by atoms with Crippen LogP contribution in [0.1, 0.15) is 42.9 Å². The number of rotatable bonds is 6. The molecule has 0 saturated carbocycles. The lowest BCUT2D eigenvalue weighted by molar-refractivity contribution is -0.122. The minimum Gasteiger partial charge on any atom is -0.308 e. The number of benzene rings is 2. The minimum absolute atomic E-state index is 0.111. The normalized spacial score (nSPS) is 18.4. The van der Waals surface area contributed by atoms with Crippen molar-refractivity contribution < 1.29 is 9.59 Å². The third-order valence-corrected chi connectivity index (χ3v) is 7.44. The molecule has 4 rings (SSSR count). The topological polar surface area (TPSA) is 40.6 Å². The van der Waals surface area contributed by atoms with Gasteiger partial charge in [-0.25, -0.2) is 0 Å². The van der Waals surface area contributed by atoms with E-state index in [1.807, 2.05) is 49.4 Å². The summed E-state index contributed by atoms with van der Waals surface area (Å²) in [6.45, 7) is 5.22. The zero-order chi connectivity index (χ0) is 22.1. The predicted octanol–water partition coefficient (Wildman–Crippen LogP) is 6.07. The fourth-order valence-electron chi connectivity index (χ4n) is 3.83. The van der Waals surface area contributed by atoms with Crippen LogP contribution in [-0.2, 0) is 16.1 Å². The minimum atomic E-state index is -0.194. The van der Waals surface area contributed by atoms with Crippen molar-refractivity contribution in [3.05, 3.63) is 68.5 Å². The number of halogens is 1. The van der Waals surface area contributed by atoms with E-state index in [1.165, 1.54) is 11.8 Å². The summed E-state index contributed by atoms with van der Waals surface area (Å²) in [7, 11) is 0. The Hall–Kier alpha value is -1.96. The number of anilines is 1. The molecule has 160 valence electrons. The predicted molar refractivity (Wildman–Crippen MR) is 135 cm³/mol.